The van der Waals surface area contributed by atoms with Crippen molar-refractivity contribution in [1.29, 1.82) is 0 Å². The van der Waals surface area contributed by atoms with E-state index in [1.165, 1.54) is 6.42 Å². The van der Waals surface area contributed by atoms with Crippen molar-refractivity contribution in [2.45, 2.75) is 57.6 Å². The maximum absolute atomic E-state index is 5.56. The normalized spacial score (nSPS) is 15.1. The van der Waals surface area contributed by atoms with E-state index in [4.69, 9.17) is 4.42 Å². The number of aromatic nitrogens is 1. The number of nitrogens with zero attached hydrogens (tertiary/aromatic N) is 1. The van der Waals surface area contributed by atoms with Gasteiger partial charge < -0.3 is 9.73 Å². The first-order valence-electron chi connectivity index (χ1n) is 5.88. The molecule has 0 spiro atoms. The molecule has 0 fully saturated rings. The van der Waals surface area contributed by atoms with Gasteiger partial charge in [-0.15, -0.1) is 0 Å². The van der Waals surface area contributed by atoms with Crippen molar-refractivity contribution in [2.24, 2.45) is 0 Å². The number of nitrogens with one attached hydrogen (secondary N) is 1. The van der Waals surface area contributed by atoms with Crippen LogP contribution < -0.4 is 5.32 Å². The summed E-state index contributed by atoms with van der Waals surface area (Å²) >= 11 is 1.70. The van der Waals surface area contributed by atoms with E-state index in [0.29, 0.717) is 11.3 Å². The molecule has 0 aromatic carbocycles. The molecule has 2 atom stereocenters. The van der Waals surface area contributed by atoms with Crippen LogP contribution in [-0.2, 0) is 0 Å². The van der Waals surface area contributed by atoms with Crippen molar-refractivity contribution >= 4 is 11.8 Å². The first-order chi connectivity index (χ1) is 7.54. The van der Waals surface area contributed by atoms with Gasteiger partial charge in [0.05, 0.1) is 5.69 Å². The van der Waals surface area contributed by atoms with Gasteiger partial charge in [0, 0.05) is 11.3 Å². The van der Waals surface area contributed by atoms with Crippen LogP contribution in [0.4, 0.5) is 0 Å². The molecule has 1 aromatic rings. The van der Waals surface area contributed by atoms with Crippen molar-refractivity contribution in [3.8, 4) is 0 Å². The molecule has 16 heavy (non-hydrogen) atoms. The Labute approximate surface area is 102 Å². The van der Waals surface area contributed by atoms with Crippen molar-refractivity contribution in [1.82, 2.24) is 10.3 Å². The van der Waals surface area contributed by atoms with Gasteiger partial charge in [0.15, 0.2) is 0 Å². The number of hydrogen-bond acceptors (Lipinski definition) is 4. The third kappa shape index (κ3) is 3.83. The average molecular weight is 242 g/mol. The highest BCUT2D eigenvalue weighted by Crippen LogP contribution is 2.26. The molecule has 0 bridgehead atoms. The smallest absolute Gasteiger partial charge is 0.256 e. The number of aryl methyl sites for hydroxylation is 2. The van der Waals surface area contributed by atoms with Crippen LogP contribution in [0.3, 0.4) is 0 Å². The molecule has 1 aromatic heterocycles. The minimum atomic E-state index is 0.462. The molecule has 1 N–H and O–H groups in total. The summed E-state index contributed by atoms with van der Waals surface area (Å²) in [5.41, 5.74) is 0.990. The van der Waals surface area contributed by atoms with E-state index in [1.807, 2.05) is 13.8 Å². The summed E-state index contributed by atoms with van der Waals surface area (Å²) in [5.74, 6) is 0.920. The summed E-state index contributed by atoms with van der Waals surface area (Å²) in [6.45, 7) is 11.6. The van der Waals surface area contributed by atoms with Gasteiger partial charge in [-0.3, -0.25) is 0 Å². The van der Waals surface area contributed by atoms with Crippen LogP contribution in [0.15, 0.2) is 9.64 Å². The topological polar surface area (TPSA) is 38.1 Å². The van der Waals surface area contributed by atoms with Crippen molar-refractivity contribution < 1.29 is 4.42 Å². The highest BCUT2D eigenvalue weighted by Gasteiger charge is 2.16. The first-order valence-corrected chi connectivity index (χ1v) is 6.76. The number of rotatable bonds is 6. The largest absolute Gasteiger partial charge is 0.437 e. The zero-order chi connectivity index (χ0) is 12.1. The lowest BCUT2D eigenvalue weighted by atomic mass is 10.2. The fraction of sp³-hybridized carbons (Fsp3) is 0.750. The van der Waals surface area contributed by atoms with E-state index >= 15 is 0 Å². The maximum Gasteiger partial charge on any atom is 0.256 e. The Balaban J connectivity index is 2.47. The van der Waals surface area contributed by atoms with Crippen LogP contribution in [-0.4, -0.2) is 22.8 Å². The molecule has 0 aliphatic heterocycles. The van der Waals surface area contributed by atoms with Crippen molar-refractivity contribution in [3.05, 3.63) is 11.5 Å². The van der Waals surface area contributed by atoms with Crippen LogP contribution >= 0.6 is 11.8 Å². The maximum atomic E-state index is 5.56. The summed E-state index contributed by atoms with van der Waals surface area (Å²) in [6.07, 6.45) is 1.17. The van der Waals surface area contributed by atoms with Crippen LogP contribution in [0.25, 0.3) is 0 Å². The molecule has 92 valence electrons. The Morgan fingerprint density at radius 2 is 2.06 bits per heavy atom. The van der Waals surface area contributed by atoms with E-state index < -0.39 is 0 Å². The van der Waals surface area contributed by atoms with Crippen LogP contribution in [0, 0.1) is 13.8 Å². The molecule has 2 unspecified atom stereocenters. The molecule has 0 aliphatic rings. The highest BCUT2D eigenvalue weighted by molar-refractivity contribution is 7.99. The highest BCUT2D eigenvalue weighted by atomic mass is 32.2. The van der Waals surface area contributed by atoms with Gasteiger partial charge in [-0.2, -0.15) is 0 Å². The van der Waals surface area contributed by atoms with Gasteiger partial charge in [-0.05, 0) is 33.7 Å². The predicted octanol–water partition coefficient (Wildman–Crippen LogP) is 3.16. The average Bonchev–Trinajstić information content (AvgIpc) is 2.54. The molecule has 0 amide bonds. The Hall–Kier alpha value is -0.480. The van der Waals surface area contributed by atoms with Gasteiger partial charge in [0.1, 0.15) is 5.76 Å². The third-order valence-electron chi connectivity index (χ3n) is 2.72. The first kappa shape index (κ1) is 13.6. The van der Waals surface area contributed by atoms with E-state index in [2.05, 4.69) is 31.1 Å². The van der Waals surface area contributed by atoms with E-state index in [-0.39, 0.29) is 0 Å². The SMILES string of the molecule is CCCNC(C)C(C)Sc1nc(C)c(C)o1. The zero-order valence-corrected chi connectivity index (χ0v) is 11.6. The lowest BCUT2D eigenvalue weighted by molar-refractivity contribution is 0.428. The third-order valence-corrected chi connectivity index (χ3v) is 3.87. The molecule has 3 nitrogen and oxygen atoms in total. The summed E-state index contributed by atoms with van der Waals surface area (Å²) in [7, 11) is 0. The standard InChI is InChI=1S/C12H22N2OS/c1-6-7-13-9(3)11(5)16-12-14-8(2)10(4)15-12/h9,11,13H,6-7H2,1-5H3. The molecule has 0 saturated heterocycles. The van der Waals surface area contributed by atoms with Crippen LogP contribution in [0.1, 0.15) is 38.6 Å². The molecular formula is C12H22N2OS. The lowest BCUT2D eigenvalue weighted by Crippen LogP contribution is -2.34. The van der Waals surface area contributed by atoms with Crippen molar-refractivity contribution in [3.63, 3.8) is 0 Å². The second-order valence-electron chi connectivity index (χ2n) is 4.19. The van der Waals surface area contributed by atoms with E-state index in [0.717, 1.165) is 23.2 Å². The van der Waals surface area contributed by atoms with Gasteiger partial charge in [-0.25, -0.2) is 4.98 Å². The Kier molecular flexibility index (Phi) is 5.35. The second-order valence-corrected chi connectivity index (χ2v) is 5.52. The number of hydrogen-bond donors (Lipinski definition) is 1. The molecule has 1 rings (SSSR count). The minimum Gasteiger partial charge on any atom is -0.437 e. The van der Waals surface area contributed by atoms with Gasteiger partial charge >= 0.3 is 0 Å². The quantitative estimate of drug-likeness (QED) is 0.778. The molecule has 4 heteroatoms. The number of thioether (sulfide) groups is 1. The summed E-state index contributed by atoms with van der Waals surface area (Å²) in [6, 6.07) is 0.470. The molecule has 0 saturated carbocycles. The molecule has 1 heterocycles. The Morgan fingerprint density at radius 3 is 2.56 bits per heavy atom. The molecule has 0 radical (unpaired) electrons. The Bertz CT molecular complexity index is 305. The zero-order valence-electron chi connectivity index (χ0n) is 10.8. The summed E-state index contributed by atoms with van der Waals surface area (Å²) in [4.78, 5) is 4.38. The summed E-state index contributed by atoms with van der Waals surface area (Å²) < 4.78 is 5.56. The second kappa shape index (κ2) is 6.30. The van der Waals surface area contributed by atoms with E-state index in [1.54, 1.807) is 11.8 Å². The molecular weight excluding hydrogens is 220 g/mol. The van der Waals surface area contributed by atoms with Crippen molar-refractivity contribution in [2.75, 3.05) is 6.54 Å². The minimum absolute atomic E-state index is 0.462. The molecule has 0 aliphatic carbocycles. The Morgan fingerprint density at radius 1 is 1.38 bits per heavy atom. The van der Waals surface area contributed by atoms with Crippen LogP contribution in [0.2, 0.25) is 0 Å². The lowest BCUT2D eigenvalue weighted by Gasteiger charge is -2.18. The van der Waals surface area contributed by atoms with Crippen LogP contribution in [0.5, 0.6) is 0 Å². The van der Waals surface area contributed by atoms with Gasteiger partial charge in [0.2, 0.25) is 0 Å². The monoisotopic (exact) mass is 242 g/mol. The van der Waals surface area contributed by atoms with E-state index in [9.17, 15) is 0 Å². The fourth-order valence-electron chi connectivity index (χ4n) is 1.29. The number of oxazole rings is 1. The van der Waals surface area contributed by atoms with Gasteiger partial charge in [0.25, 0.3) is 5.22 Å². The predicted molar refractivity (Wildman–Crippen MR) is 69.1 cm³/mol. The fourth-order valence-corrected chi connectivity index (χ4v) is 2.27. The summed E-state index contributed by atoms with van der Waals surface area (Å²) in [5, 5.41) is 4.73. The van der Waals surface area contributed by atoms with Gasteiger partial charge in [-0.1, -0.05) is 25.6 Å².